The standard InChI is InChI=1S/C12H17N3O3/c13-6-11(16)14-7-12(17)15(9-3-4-9)8-10-2-1-5-18-10/h1-2,5,9H,3-4,6-8,13H2,(H,14,16). The van der Waals surface area contributed by atoms with Crippen molar-refractivity contribution >= 4 is 11.8 Å². The lowest BCUT2D eigenvalue weighted by atomic mass is 10.3. The second-order valence-electron chi connectivity index (χ2n) is 4.31. The van der Waals surface area contributed by atoms with Crippen LogP contribution in [-0.4, -0.2) is 35.8 Å². The first kappa shape index (κ1) is 12.6. The van der Waals surface area contributed by atoms with Crippen LogP contribution >= 0.6 is 0 Å². The minimum Gasteiger partial charge on any atom is -0.467 e. The van der Waals surface area contributed by atoms with Gasteiger partial charge in [-0.05, 0) is 25.0 Å². The Bertz CT molecular complexity index is 412. The number of nitrogens with one attached hydrogen (secondary N) is 1. The van der Waals surface area contributed by atoms with Gasteiger partial charge < -0.3 is 20.4 Å². The van der Waals surface area contributed by atoms with Gasteiger partial charge in [-0.1, -0.05) is 0 Å². The lowest BCUT2D eigenvalue weighted by molar-refractivity contribution is -0.133. The molecule has 0 unspecified atom stereocenters. The van der Waals surface area contributed by atoms with Crippen molar-refractivity contribution in [2.75, 3.05) is 13.1 Å². The number of amides is 2. The van der Waals surface area contributed by atoms with Crippen LogP contribution in [-0.2, 0) is 16.1 Å². The summed E-state index contributed by atoms with van der Waals surface area (Å²) < 4.78 is 5.24. The van der Waals surface area contributed by atoms with E-state index in [0.717, 1.165) is 18.6 Å². The molecule has 0 aromatic carbocycles. The van der Waals surface area contributed by atoms with E-state index in [-0.39, 0.29) is 30.9 Å². The third kappa shape index (κ3) is 3.33. The molecule has 98 valence electrons. The zero-order valence-corrected chi connectivity index (χ0v) is 10.1. The van der Waals surface area contributed by atoms with Crippen molar-refractivity contribution in [2.24, 2.45) is 5.73 Å². The van der Waals surface area contributed by atoms with E-state index < -0.39 is 0 Å². The molecule has 3 N–H and O–H groups in total. The lowest BCUT2D eigenvalue weighted by Gasteiger charge is -2.21. The van der Waals surface area contributed by atoms with Crippen LogP contribution in [0, 0.1) is 0 Å². The van der Waals surface area contributed by atoms with E-state index in [9.17, 15) is 9.59 Å². The summed E-state index contributed by atoms with van der Waals surface area (Å²) in [5.74, 6) is 0.327. The lowest BCUT2D eigenvalue weighted by Crippen LogP contribution is -2.42. The van der Waals surface area contributed by atoms with Gasteiger partial charge >= 0.3 is 0 Å². The number of nitrogens with zero attached hydrogens (tertiary/aromatic N) is 1. The van der Waals surface area contributed by atoms with Gasteiger partial charge in [-0.3, -0.25) is 9.59 Å². The highest BCUT2D eigenvalue weighted by Crippen LogP contribution is 2.28. The predicted molar refractivity (Wildman–Crippen MR) is 64.3 cm³/mol. The largest absolute Gasteiger partial charge is 0.467 e. The molecule has 2 amide bonds. The van der Waals surface area contributed by atoms with Gasteiger partial charge in [0, 0.05) is 6.04 Å². The highest BCUT2D eigenvalue weighted by Gasteiger charge is 2.32. The Morgan fingerprint density at radius 1 is 1.50 bits per heavy atom. The molecule has 1 fully saturated rings. The minimum absolute atomic E-state index is 0.00670. The molecule has 0 bridgehead atoms. The maximum atomic E-state index is 12.0. The fourth-order valence-corrected chi connectivity index (χ4v) is 1.73. The Morgan fingerprint density at radius 3 is 2.83 bits per heavy atom. The first-order valence-electron chi connectivity index (χ1n) is 5.99. The molecule has 1 aliphatic rings. The molecular formula is C12H17N3O3. The highest BCUT2D eigenvalue weighted by atomic mass is 16.3. The molecule has 1 aliphatic carbocycles. The van der Waals surface area contributed by atoms with Gasteiger partial charge in [0.25, 0.3) is 0 Å². The smallest absolute Gasteiger partial charge is 0.242 e. The second kappa shape index (κ2) is 5.68. The molecule has 0 aliphatic heterocycles. The monoisotopic (exact) mass is 251 g/mol. The molecule has 18 heavy (non-hydrogen) atoms. The normalized spacial score (nSPS) is 14.3. The summed E-state index contributed by atoms with van der Waals surface area (Å²) in [6.07, 6.45) is 3.61. The zero-order chi connectivity index (χ0) is 13.0. The van der Waals surface area contributed by atoms with Crippen molar-refractivity contribution in [2.45, 2.75) is 25.4 Å². The van der Waals surface area contributed by atoms with E-state index in [1.807, 2.05) is 6.07 Å². The van der Waals surface area contributed by atoms with Crippen molar-refractivity contribution in [3.63, 3.8) is 0 Å². The topological polar surface area (TPSA) is 88.6 Å². The molecule has 6 nitrogen and oxygen atoms in total. The Hall–Kier alpha value is -1.82. The first-order valence-corrected chi connectivity index (χ1v) is 5.99. The van der Waals surface area contributed by atoms with Crippen molar-refractivity contribution in [1.29, 1.82) is 0 Å². The number of carbonyl (C=O) groups is 2. The third-order valence-corrected chi connectivity index (χ3v) is 2.84. The SMILES string of the molecule is NCC(=O)NCC(=O)N(Cc1ccco1)C1CC1. The van der Waals surface area contributed by atoms with Gasteiger partial charge in [-0.15, -0.1) is 0 Å². The maximum absolute atomic E-state index is 12.0. The van der Waals surface area contributed by atoms with Gasteiger partial charge in [0.1, 0.15) is 5.76 Å². The van der Waals surface area contributed by atoms with Crippen LogP contribution in [0.2, 0.25) is 0 Å². The average Bonchev–Trinajstić information content (AvgIpc) is 3.09. The van der Waals surface area contributed by atoms with Crippen LogP contribution in [0.15, 0.2) is 22.8 Å². The van der Waals surface area contributed by atoms with Gasteiger partial charge in [0.2, 0.25) is 11.8 Å². The van der Waals surface area contributed by atoms with Gasteiger partial charge in [-0.25, -0.2) is 0 Å². The number of hydrogen-bond acceptors (Lipinski definition) is 4. The van der Waals surface area contributed by atoms with Crippen molar-refractivity contribution in [3.05, 3.63) is 24.2 Å². The summed E-state index contributed by atoms with van der Waals surface area (Å²) in [6.45, 7) is 0.344. The average molecular weight is 251 g/mol. The fraction of sp³-hybridized carbons (Fsp3) is 0.500. The summed E-state index contributed by atoms with van der Waals surface area (Å²) in [5, 5.41) is 2.49. The zero-order valence-electron chi connectivity index (χ0n) is 10.1. The minimum atomic E-state index is -0.322. The number of hydrogen-bond donors (Lipinski definition) is 2. The summed E-state index contributed by atoms with van der Waals surface area (Å²) >= 11 is 0. The number of carbonyl (C=O) groups excluding carboxylic acids is 2. The summed E-state index contributed by atoms with van der Waals surface area (Å²) in [4.78, 5) is 24.8. The van der Waals surface area contributed by atoms with Gasteiger partial charge in [0.15, 0.2) is 0 Å². The van der Waals surface area contributed by atoms with Crippen LogP contribution in [0.1, 0.15) is 18.6 Å². The van der Waals surface area contributed by atoms with E-state index in [0.29, 0.717) is 6.54 Å². The van der Waals surface area contributed by atoms with Crippen LogP contribution < -0.4 is 11.1 Å². The van der Waals surface area contributed by atoms with Crippen LogP contribution in [0.3, 0.4) is 0 Å². The van der Waals surface area contributed by atoms with Crippen molar-refractivity contribution in [3.8, 4) is 0 Å². The van der Waals surface area contributed by atoms with Gasteiger partial charge in [0.05, 0.1) is 25.9 Å². The molecule has 1 heterocycles. The summed E-state index contributed by atoms with van der Waals surface area (Å²) in [6, 6.07) is 3.90. The Labute approximate surface area is 105 Å². The Morgan fingerprint density at radius 2 is 2.28 bits per heavy atom. The van der Waals surface area contributed by atoms with Crippen molar-refractivity contribution in [1.82, 2.24) is 10.2 Å². The van der Waals surface area contributed by atoms with Crippen LogP contribution in [0.25, 0.3) is 0 Å². The maximum Gasteiger partial charge on any atom is 0.242 e. The summed E-state index contributed by atoms with van der Waals surface area (Å²) in [5.41, 5.74) is 5.16. The predicted octanol–water partition coefficient (Wildman–Crippen LogP) is -0.155. The van der Waals surface area contributed by atoms with E-state index in [2.05, 4.69) is 5.32 Å². The Kier molecular flexibility index (Phi) is 3.99. The van der Waals surface area contributed by atoms with E-state index in [1.165, 1.54) is 0 Å². The van der Waals surface area contributed by atoms with E-state index >= 15 is 0 Å². The van der Waals surface area contributed by atoms with Crippen LogP contribution in [0.4, 0.5) is 0 Å². The molecule has 1 aromatic rings. The molecule has 2 rings (SSSR count). The van der Waals surface area contributed by atoms with Crippen LogP contribution in [0.5, 0.6) is 0 Å². The molecule has 0 atom stereocenters. The quantitative estimate of drug-likeness (QED) is 0.735. The Balaban J connectivity index is 1.89. The molecule has 0 saturated heterocycles. The summed E-state index contributed by atoms with van der Waals surface area (Å²) in [7, 11) is 0. The molecule has 1 aromatic heterocycles. The fourth-order valence-electron chi connectivity index (χ4n) is 1.73. The number of rotatable bonds is 6. The third-order valence-electron chi connectivity index (χ3n) is 2.84. The van der Waals surface area contributed by atoms with Gasteiger partial charge in [-0.2, -0.15) is 0 Å². The second-order valence-corrected chi connectivity index (χ2v) is 4.31. The highest BCUT2D eigenvalue weighted by molar-refractivity contribution is 5.85. The molecule has 1 saturated carbocycles. The number of furan rings is 1. The first-order chi connectivity index (χ1) is 8.70. The van der Waals surface area contributed by atoms with E-state index in [4.69, 9.17) is 10.2 Å². The molecule has 6 heteroatoms. The number of nitrogens with two attached hydrogens (primary N) is 1. The molecular weight excluding hydrogens is 234 g/mol. The molecule has 0 spiro atoms. The van der Waals surface area contributed by atoms with Crippen molar-refractivity contribution < 1.29 is 14.0 Å². The molecule has 0 radical (unpaired) electrons. The van der Waals surface area contributed by atoms with E-state index in [1.54, 1.807) is 17.2 Å².